The van der Waals surface area contributed by atoms with Crippen LogP contribution in [0.4, 0.5) is 23.4 Å². The van der Waals surface area contributed by atoms with Gasteiger partial charge in [0, 0.05) is 42.2 Å². The Balaban J connectivity index is 0.000000388. The fraction of sp³-hybridized carbons (Fsp3) is 0.591. The quantitative estimate of drug-likeness (QED) is 0.263. The standard InChI is InChI=1S/C34H37F4N3O2.C8H15N.C2H6/c1-7-9-23-26-29(39-31(42-6)40-30(26)41-14-15-43-18-19(3)17-41)32(10-11-32)27(23)21(5)25-22(8-2)20(4)16-24(34(36,37)38)28(25)33(35)12-13-33;1-7-5-8-3-2-4-9(8)6-7;1-2/h7-9,16,19H,2,5,10-15,17-18H2,1,3-4,6H3;7-8H,2-6H2,1H3;1-2H3/b9-7-;;. The summed E-state index contributed by atoms with van der Waals surface area (Å²) in [5.41, 5.74) is 0.662. The molecule has 2 saturated carbocycles. The summed E-state index contributed by atoms with van der Waals surface area (Å²) in [4.78, 5) is 14.5. The van der Waals surface area contributed by atoms with Crippen LogP contribution in [-0.2, 0) is 22.0 Å². The van der Waals surface area contributed by atoms with E-state index in [0.29, 0.717) is 48.8 Å². The van der Waals surface area contributed by atoms with Gasteiger partial charge in [-0.05, 0) is 117 Å². The molecule has 5 fully saturated rings. The third-order valence-electron chi connectivity index (χ3n) is 11.9. The van der Waals surface area contributed by atoms with Crippen molar-refractivity contribution in [3.63, 3.8) is 0 Å². The van der Waals surface area contributed by atoms with E-state index in [1.165, 1.54) is 45.5 Å². The topological polar surface area (TPSA) is 50.7 Å². The maximum Gasteiger partial charge on any atom is 0.416 e. The molecule has 8 rings (SSSR count). The van der Waals surface area contributed by atoms with Crippen LogP contribution in [0.2, 0.25) is 0 Å². The molecule has 294 valence electrons. The predicted octanol–water partition coefficient (Wildman–Crippen LogP) is 10.5. The van der Waals surface area contributed by atoms with E-state index in [1.54, 1.807) is 6.92 Å². The molecule has 6 nitrogen and oxygen atoms in total. The number of aromatic nitrogens is 2. The second kappa shape index (κ2) is 15.6. The fourth-order valence-corrected chi connectivity index (χ4v) is 9.34. The van der Waals surface area contributed by atoms with Crippen LogP contribution in [0.5, 0.6) is 6.01 Å². The number of nitrogens with zero attached hydrogens (tertiary/aromatic N) is 4. The second-order valence-corrected chi connectivity index (χ2v) is 15.9. The molecule has 0 radical (unpaired) electrons. The number of anilines is 1. The van der Waals surface area contributed by atoms with Crippen molar-refractivity contribution in [2.24, 2.45) is 11.8 Å². The molecule has 3 saturated heterocycles. The first-order valence-electron chi connectivity index (χ1n) is 19.9. The van der Waals surface area contributed by atoms with Crippen molar-refractivity contribution in [1.82, 2.24) is 14.9 Å². The summed E-state index contributed by atoms with van der Waals surface area (Å²) in [5.74, 6) is 1.94. The number of aryl methyl sites for hydroxylation is 1. The number of alkyl halides is 4. The van der Waals surface area contributed by atoms with Gasteiger partial charge >= 0.3 is 12.2 Å². The largest absolute Gasteiger partial charge is 0.467 e. The molecule has 10 heteroatoms. The molecule has 2 aromatic rings. The smallest absolute Gasteiger partial charge is 0.416 e. The van der Waals surface area contributed by atoms with Gasteiger partial charge in [-0.25, -0.2) is 4.39 Å². The van der Waals surface area contributed by atoms with Gasteiger partial charge in [-0.1, -0.05) is 59.1 Å². The van der Waals surface area contributed by atoms with Gasteiger partial charge in [-0.3, -0.25) is 0 Å². The van der Waals surface area contributed by atoms with Crippen molar-refractivity contribution in [2.45, 2.75) is 110 Å². The molecule has 54 heavy (non-hydrogen) atoms. The summed E-state index contributed by atoms with van der Waals surface area (Å²) in [6.45, 7) is 25.6. The number of benzene rings is 1. The van der Waals surface area contributed by atoms with Crippen LogP contribution >= 0.6 is 0 Å². The van der Waals surface area contributed by atoms with E-state index in [2.05, 4.69) is 36.8 Å². The molecule has 0 N–H and O–H groups in total. The molecule has 4 heterocycles. The van der Waals surface area contributed by atoms with Gasteiger partial charge in [0.1, 0.15) is 11.5 Å². The van der Waals surface area contributed by atoms with Gasteiger partial charge in [-0.15, -0.1) is 0 Å². The third-order valence-corrected chi connectivity index (χ3v) is 11.9. The molecule has 0 bridgehead atoms. The zero-order chi connectivity index (χ0) is 39.2. The van der Waals surface area contributed by atoms with Gasteiger partial charge in [0.15, 0.2) is 0 Å². The highest BCUT2D eigenvalue weighted by molar-refractivity contribution is 6.03. The maximum atomic E-state index is 16.1. The SMILES string of the molecule is C=Cc1c(C)cc(C(F)(F)F)c(C2(F)CC2)c1C(=C)C1=C(/C=C\C)c2c(N3CCOCC(C)C3)nc(OC)nc2C12CC2.CC.CC1CC2CCCN2C1. The molecule has 1 aromatic carbocycles. The number of halogens is 4. The summed E-state index contributed by atoms with van der Waals surface area (Å²) < 4.78 is 71.1. The van der Waals surface area contributed by atoms with Crippen molar-refractivity contribution < 1.29 is 27.0 Å². The van der Waals surface area contributed by atoms with Crippen molar-refractivity contribution in [3.05, 3.63) is 76.0 Å². The number of ether oxygens (including phenoxy) is 2. The first-order valence-corrected chi connectivity index (χ1v) is 19.9. The van der Waals surface area contributed by atoms with Gasteiger partial charge in [0.2, 0.25) is 0 Å². The van der Waals surface area contributed by atoms with Gasteiger partial charge in [-0.2, -0.15) is 23.1 Å². The van der Waals surface area contributed by atoms with E-state index in [-0.39, 0.29) is 35.9 Å². The minimum Gasteiger partial charge on any atom is -0.467 e. The van der Waals surface area contributed by atoms with E-state index in [1.807, 2.05) is 32.9 Å². The van der Waals surface area contributed by atoms with Gasteiger partial charge < -0.3 is 19.3 Å². The van der Waals surface area contributed by atoms with E-state index >= 15 is 4.39 Å². The molecule has 6 aliphatic rings. The predicted molar refractivity (Wildman–Crippen MR) is 210 cm³/mol. The lowest BCUT2D eigenvalue weighted by Crippen LogP contribution is -2.31. The molecule has 3 aliphatic heterocycles. The average molecular weight is 751 g/mol. The Morgan fingerprint density at radius 1 is 1.07 bits per heavy atom. The Morgan fingerprint density at radius 2 is 1.80 bits per heavy atom. The van der Waals surface area contributed by atoms with Gasteiger partial charge in [0.25, 0.3) is 0 Å². The van der Waals surface area contributed by atoms with E-state index in [0.717, 1.165) is 53.3 Å². The third kappa shape index (κ3) is 7.29. The number of methoxy groups -OCH3 is 1. The lowest BCUT2D eigenvalue weighted by molar-refractivity contribution is -0.139. The minimum absolute atomic E-state index is 0.0319. The number of hydrogen-bond acceptors (Lipinski definition) is 6. The monoisotopic (exact) mass is 750 g/mol. The highest BCUT2D eigenvalue weighted by Gasteiger charge is 2.59. The minimum atomic E-state index is -4.73. The molecular formula is C44H58F4N4O2. The number of allylic oxidation sites excluding steroid dienone is 5. The Hall–Kier alpha value is -3.50. The zero-order valence-corrected chi connectivity index (χ0v) is 33.3. The summed E-state index contributed by atoms with van der Waals surface area (Å²) >= 11 is 0. The first kappa shape index (κ1) is 40.2. The van der Waals surface area contributed by atoms with Crippen LogP contribution in [0.15, 0.2) is 36.9 Å². The van der Waals surface area contributed by atoms with E-state index in [4.69, 9.17) is 19.4 Å². The lowest BCUT2D eigenvalue weighted by Gasteiger charge is -2.27. The summed E-state index contributed by atoms with van der Waals surface area (Å²) in [6, 6.07) is 2.27. The van der Waals surface area contributed by atoms with Crippen molar-refractivity contribution in [2.75, 3.05) is 51.4 Å². The van der Waals surface area contributed by atoms with E-state index in [9.17, 15) is 13.2 Å². The van der Waals surface area contributed by atoms with Crippen molar-refractivity contribution >= 4 is 23.0 Å². The molecule has 3 atom stereocenters. The van der Waals surface area contributed by atoms with Crippen molar-refractivity contribution in [3.8, 4) is 6.01 Å². The normalized spacial score (nSPS) is 25.0. The summed E-state index contributed by atoms with van der Waals surface area (Å²) in [6.07, 6.45) is 6.58. The maximum absolute atomic E-state index is 16.1. The Kier molecular flexibility index (Phi) is 11.6. The molecule has 3 unspecified atom stereocenters. The number of fused-ring (bicyclic) bond motifs is 3. The summed E-state index contributed by atoms with van der Waals surface area (Å²) in [5, 5.41) is 0. The number of hydrogen-bond donors (Lipinski definition) is 0. The fourth-order valence-electron chi connectivity index (χ4n) is 9.34. The highest BCUT2D eigenvalue weighted by atomic mass is 19.4. The summed E-state index contributed by atoms with van der Waals surface area (Å²) in [7, 11) is 1.53. The van der Waals surface area contributed by atoms with Crippen LogP contribution in [0, 0.1) is 18.8 Å². The highest BCUT2D eigenvalue weighted by Crippen LogP contribution is 2.66. The van der Waals surface area contributed by atoms with E-state index < -0.39 is 22.8 Å². The molecule has 1 spiro atoms. The van der Waals surface area contributed by atoms with Crippen LogP contribution in [0.3, 0.4) is 0 Å². The van der Waals surface area contributed by atoms with Crippen LogP contribution < -0.4 is 9.64 Å². The molecule has 0 amide bonds. The Morgan fingerprint density at radius 3 is 2.39 bits per heavy atom. The van der Waals surface area contributed by atoms with Crippen LogP contribution in [0.25, 0.3) is 17.2 Å². The number of rotatable bonds is 7. The first-order chi connectivity index (χ1) is 25.8. The Bertz CT molecular complexity index is 1810. The van der Waals surface area contributed by atoms with Gasteiger partial charge in [0.05, 0.1) is 31.6 Å². The second-order valence-electron chi connectivity index (χ2n) is 15.9. The zero-order valence-electron chi connectivity index (χ0n) is 33.3. The van der Waals surface area contributed by atoms with Crippen LogP contribution in [0.1, 0.15) is 119 Å². The Labute approximate surface area is 319 Å². The molecular weight excluding hydrogens is 693 g/mol. The van der Waals surface area contributed by atoms with Crippen molar-refractivity contribution in [1.29, 1.82) is 0 Å². The average Bonchev–Trinajstić information content (AvgIpc) is 4.01. The van der Waals surface area contributed by atoms with Crippen LogP contribution in [-0.4, -0.2) is 67.4 Å². The molecule has 3 aliphatic carbocycles. The lowest BCUT2D eigenvalue weighted by atomic mass is 9.79. The molecule has 1 aromatic heterocycles.